The van der Waals surface area contributed by atoms with Crippen LogP contribution in [0.3, 0.4) is 0 Å². The zero-order chi connectivity index (χ0) is 15.9. The third kappa shape index (κ3) is 4.55. The molecule has 22 heavy (non-hydrogen) atoms. The van der Waals surface area contributed by atoms with Gasteiger partial charge in [-0.25, -0.2) is 0 Å². The van der Waals surface area contributed by atoms with Crippen LogP contribution in [-0.2, 0) is 11.2 Å². The summed E-state index contributed by atoms with van der Waals surface area (Å²) in [4.78, 5) is 14.4. The maximum atomic E-state index is 12.2. The van der Waals surface area contributed by atoms with Gasteiger partial charge in [-0.2, -0.15) is 0 Å². The minimum Gasteiger partial charge on any atom is -0.396 e. The van der Waals surface area contributed by atoms with Gasteiger partial charge in [-0.1, -0.05) is 24.3 Å². The van der Waals surface area contributed by atoms with Crippen LogP contribution in [0.4, 0.5) is 0 Å². The highest BCUT2D eigenvalue weighted by molar-refractivity contribution is 5.78. The van der Waals surface area contributed by atoms with Crippen molar-refractivity contribution in [1.29, 1.82) is 0 Å². The van der Waals surface area contributed by atoms with Gasteiger partial charge in [-0.3, -0.25) is 9.69 Å². The Morgan fingerprint density at radius 1 is 1.41 bits per heavy atom. The van der Waals surface area contributed by atoms with E-state index >= 15 is 0 Å². The van der Waals surface area contributed by atoms with Gasteiger partial charge >= 0.3 is 0 Å². The fourth-order valence-electron chi connectivity index (χ4n) is 3.28. The Morgan fingerprint density at radius 2 is 2.18 bits per heavy atom. The van der Waals surface area contributed by atoms with Crippen molar-refractivity contribution in [2.45, 2.75) is 51.6 Å². The van der Waals surface area contributed by atoms with Crippen LogP contribution >= 0.6 is 0 Å². The molecule has 2 rings (SSSR count). The van der Waals surface area contributed by atoms with Gasteiger partial charge in [0, 0.05) is 25.2 Å². The number of rotatable bonds is 7. The number of carbonyl (C=O) groups excluding carboxylic acids is 1. The number of aryl methyl sites for hydroxylation is 1. The largest absolute Gasteiger partial charge is 0.396 e. The van der Waals surface area contributed by atoms with Crippen molar-refractivity contribution >= 4 is 5.91 Å². The van der Waals surface area contributed by atoms with Crippen molar-refractivity contribution < 1.29 is 9.90 Å². The molecule has 1 atom stereocenters. The smallest absolute Gasteiger partial charge is 0.234 e. The molecular formula is C18H28N2O2. The number of nitrogens with zero attached hydrogens (tertiary/aromatic N) is 1. The van der Waals surface area contributed by atoms with Crippen molar-refractivity contribution in [3.8, 4) is 0 Å². The Balaban J connectivity index is 2.13. The van der Waals surface area contributed by atoms with Crippen LogP contribution in [0.2, 0.25) is 0 Å². The van der Waals surface area contributed by atoms with Crippen LogP contribution in [0.5, 0.6) is 0 Å². The first-order valence-electron chi connectivity index (χ1n) is 8.34. The average Bonchev–Trinajstić information content (AvgIpc) is 2.50. The molecule has 1 unspecified atom stereocenters. The van der Waals surface area contributed by atoms with E-state index in [9.17, 15) is 4.79 Å². The molecule has 0 spiro atoms. The van der Waals surface area contributed by atoms with Crippen LogP contribution in [0.1, 0.15) is 50.3 Å². The monoisotopic (exact) mass is 304 g/mol. The molecule has 122 valence electrons. The molecule has 2 N–H and O–H groups in total. The molecule has 0 aromatic heterocycles. The molecular weight excluding hydrogens is 276 g/mol. The predicted molar refractivity (Wildman–Crippen MR) is 88.7 cm³/mol. The normalized spacial score (nSPS) is 17.6. The van der Waals surface area contributed by atoms with E-state index in [1.54, 1.807) is 0 Å². The van der Waals surface area contributed by atoms with Crippen molar-refractivity contribution in [2.75, 3.05) is 19.7 Å². The summed E-state index contributed by atoms with van der Waals surface area (Å²) in [5, 5.41) is 12.1. The van der Waals surface area contributed by atoms with E-state index in [1.807, 2.05) is 13.8 Å². The Hall–Kier alpha value is -1.39. The van der Waals surface area contributed by atoms with E-state index in [1.165, 1.54) is 11.1 Å². The van der Waals surface area contributed by atoms with Gasteiger partial charge in [-0.15, -0.1) is 0 Å². The van der Waals surface area contributed by atoms with Gasteiger partial charge in [0.25, 0.3) is 0 Å². The van der Waals surface area contributed by atoms with E-state index in [4.69, 9.17) is 5.11 Å². The lowest BCUT2D eigenvalue weighted by molar-refractivity contribution is -0.123. The Bertz CT molecular complexity index is 488. The highest BCUT2D eigenvalue weighted by Gasteiger charge is 2.26. The summed E-state index contributed by atoms with van der Waals surface area (Å²) in [7, 11) is 0. The van der Waals surface area contributed by atoms with Crippen molar-refractivity contribution in [2.24, 2.45) is 0 Å². The summed E-state index contributed by atoms with van der Waals surface area (Å²) >= 11 is 0. The summed E-state index contributed by atoms with van der Waals surface area (Å²) in [5.74, 6) is 0.0657. The number of benzene rings is 1. The zero-order valence-electron chi connectivity index (χ0n) is 13.7. The van der Waals surface area contributed by atoms with Gasteiger partial charge in [-0.05, 0) is 50.7 Å². The first kappa shape index (κ1) is 17.0. The van der Waals surface area contributed by atoms with E-state index in [0.29, 0.717) is 13.0 Å². The first-order chi connectivity index (χ1) is 10.6. The number of aliphatic hydroxyl groups excluding tert-OH is 1. The Labute approximate surface area is 133 Å². The molecule has 0 saturated carbocycles. The topological polar surface area (TPSA) is 52.6 Å². The third-order valence-electron chi connectivity index (χ3n) is 4.18. The van der Waals surface area contributed by atoms with Crippen LogP contribution in [0.15, 0.2) is 24.3 Å². The summed E-state index contributed by atoms with van der Waals surface area (Å²) < 4.78 is 0. The van der Waals surface area contributed by atoms with Crippen molar-refractivity contribution in [3.05, 3.63) is 35.4 Å². The lowest BCUT2D eigenvalue weighted by atomic mass is 9.86. The predicted octanol–water partition coefficient (Wildman–Crippen LogP) is 2.27. The van der Waals surface area contributed by atoms with Crippen molar-refractivity contribution in [1.82, 2.24) is 10.2 Å². The van der Waals surface area contributed by atoms with Crippen molar-refractivity contribution in [3.63, 3.8) is 0 Å². The van der Waals surface area contributed by atoms with E-state index < -0.39 is 0 Å². The molecule has 0 fully saturated rings. The molecule has 1 amide bonds. The minimum absolute atomic E-state index is 0.0657. The lowest BCUT2D eigenvalue weighted by Crippen LogP contribution is -2.42. The SMILES string of the molecule is CC(C)NC(=O)CN(CCCO)C1CCCc2ccccc21. The second-order valence-corrected chi connectivity index (χ2v) is 6.38. The fourth-order valence-corrected chi connectivity index (χ4v) is 3.28. The minimum atomic E-state index is 0.0657. The molecule has 0 bridgehead atoms. The number of fused-ring (bicyclic) bond motifs is 1. The molecule has 0 aliphatic heterocycles. The number of carbonyl (C=O) groups is 1. The number of nitrogens with one attached hydrogen (secondary N) is 1. The molecule has 4 heteroatoms. The summed E-state index contributed by atoms with van der Waals surface area (Å²) in [6.45, 7) is 5.27. The van der Waals surface area contributed by atoms with Gasteiger partial charge in [0.15, 0.2) is 0 Å². The summed E-state index contributed by atoms with van der Waals surface area (Å²) in [5.41, 5.74) is 2.75. The van der Waals surface area contributed by atoms with E-state index in [-0.39, 0.29) is 24.6 Å². The van der Waals surface area contributed by atoms with Crippen LogP contribution in [-0.4, -0.2) is 41.7 Å². The molecule has 0 radical (unpaired) electrons. The number of hydrogen-bond donors (Lipinski definition) is 2. The fraction of sp³-hybridized carbons (Fsp3) is 0.611. The molecule has 1 aromatic carbocycles. The highest BCUT2D eigenvalue weighted by Crippen LogP contribution is 2.34. The molecule has 1 aromatic rings. The van der Waals surface area contributed by atoms with Crippen LogP contribution < -0.4 is 5.32 Å². The summed E-state index contributed by atoms with van der Waals surface area (Å²) in [6.07, 6.45) is 4.06. The van der Waals surface area contributed by atoms with Crippen LogP contribution in [0.25, 0.3) is 0 Å². The number of hydrogen-bond acceptors (Lipinski definition) is 3. The van der Waals surface area contributed by atoms with Gasteiger partial charge in [0.1, 0.15) is 0 Å². The number of aliphatic hydroxyl groups is 1. The van der Waals surface area contributed by atoms with Crippen LogP contribution in [0, 0.1) is 0 Å². The Morgan fingerprint density at radius 3 is 2.91 bits per heavy atom. The quantitative estimate of drug-likeness (QED) is 0.812. The zero-order valence-corrected chi connectivity index (χ0v) is 13.7. The lowest BCUT2D eigenvalue weighted by Gasteiger charge is -2.35. The van der Waals surface area contributed by atoms with E-state index in [2.05, 4.69) is 34.5 Å². The molecule has 0 heterocycles. The molecule has 0 saturated heterocycles. The second-order valence-electron chi connectivity index (χ2n) is 6.38. The average molecular weight is 304 g/mol. The third-order valence-corrected chi connectivity index (χ3v) is 4.18. The van der Waals surface area contributed by atoms with Gasteiger partial charge in [0.05, 0.1) is 6.54 Å². The standard InChI is InChI=1S/C18H28N2O2/c1-14(2)19-18(22)13-20(11-6-12-21)17-10-5-8-15-7-3-4-9-16(15)17/h3-4,7,9,14,17,21H,5-6,8,10-13H2,1-2H3,(H,19,22). The highest BCUT2D eigenvalue weighted by atomic mass is 16.3. The first-order valence-corrected chi connectivity index (χ1v) is 8.34. The maximum absolute atomic E-state index is 12.2. The van der Waals surface area contributed by atoms with Gasteiger partial charge < -0.3 is 10.4 Å². The number of amides is 1. The van der Waals surface area contributed by atoms with Gasteiger partial charge in [0.2, 0.25) is 5.91 Å². The molecule has 4 nitrogen and oxygen atoms in total. The second kappa shape index (κ2) is 8.30. The summed E-state index contributed by atoms with van der Waals surface area (Å²) in [6, 6.07) is 8.99. The Kier molecular flexibility index (Phi) is 6.40. The van der Waals surface area contributed by atoms with E-state index in [0.717, 1.165) is 25.8 Å². The molecule has 1 aliphatic rings. The molecule has 1 aliphatic carbocycles. The maximum Gasteiger partial charge on any atom is 0.234 e.